The standard InChI is InChI=1S/C21H30F2N4.HI/c1-2-24-20(27-11-9-21(15-27)7-3-8-21)25-13-16-6-10-26(14-16)17-4-5-18(22)19(23)12-17;/h4-5,12,16H,2-3,6-11,13-15H2,1H3,(H,24,25);1H. The van der Waals surface area contributed by atoms with Crippen molar-refractivity contribution in [2.45, 2.75) is 39.0 Å². The number of aliphatic imine (C=N–C) groups is 1. The summed E-state index contributed by atoms with van der Waals surface area (Å²) >= 11 is 0. The van der Waals surface area contributed by atoms with Crippen LogP contribution in [0.4, 0.5) is 14.5 Å². The van der Waals surface area contributed by atoms with Crippen molar-refractivity contribution in [3.63, 3.8) is 0 Å². The molecule has 3 fully saturated rings. The number of hydrogen-bond donors (Lipinski definition) is 1. The highest BCUT2D eigenvalue weighted by Gasteiger charge is 2.43. The molecule has 0 aromatic heterocycles. The Morgan fingerprint density at radius 2 is 2.04 bits per heavy atom. The molecule has 1 aromatic rings. The molecule has 0 amide bonds. The van der Waals surface area contributed by atoms with Crippen LogP contribution in [0.1, 0.15) is 39.0 Å². The number of anilines is 1. The summed E-state index contributed by atoms with van der Waals surface area (Å²) in [7, 11) is 0. The fraction of sp³-hybridized carbons (Fsp3) is 0.667. The lowest BCUT2D eigenvalue weighted by Gasteiger charge is -2.38. The smallest absolute Gasteiger partial charge is 0.193 e. The lowest BCUT2D eigenvalue weighted by Crippen LogP contribution is -2.42. The van der Waals surface area contributed by atoms with Crippen LogP contribution in [0.25, 0.3) is 0 Å². The SMILES string of the molecule is CCNC(=NCC1CCN(c2ccc(F)c(F)c2)C1)N1CCC2(CCC2)C1.I. The van der Waals surface area contributed by atoms with Gasteiger partial charge in [-0.05, 0) is 56.1 Å². The Bertz CT molecular complexity index is 708. The lowest BCUT2D eigenvalue weighted by atomic mass is 9.68. The van der Waals surface area contributed by atoms with Gasteiger partial charge in [-0.15, -0.1) is 24.0 Å². The van der Waals surface area contributed by atoms with Crippen molar-refractivity contribution < 1.29 is 8.78 Å². The van der Waals surface area contributed by atoms with Crippen LogP contribution in [-0.4, -0.2) is 50.1 Å². The number of nitrogens with zero attached hydrogens (tertiary/aromatic N) is 3. The van der Waals surface area contributed by atoms with Gasteiger partial charge >= 0.3 is 0 Å². The van der Waals surface area contributed by atoms with Gasteiger partial charge in [0.15, 0.2) is 17.6 Å². The third kappa shape index (κ3) is 4.54. The van der Waals surface area contributed by atoms with Crippen molar-refractivity contribution in [1.29, 1.82) is 0 Å². The summed E-state index contributed by atoms with van der Waals surface area (Å²) in [5, 5.41) is 3.46. The molecular formula is C21H31F2IN4. The topological polar surface area (TPSA) is 30.9 Å². The molecule has 4 rings (SSSR count). The van der Waals surface area contributed by atoms with Crippen LogP contribution in [0.15, 0.2) is 23.2 Å². The van der Waals surface area contributed by atoms with E-state index < -0.39 is 11.6 Å². The third-order valence-corrected chi connectivity index (χ3v) is 6.54. The van der Waals surface area contributed by atoms with Crippen LogP contribution >= 0.6 is 24.0 Å². The quantitative estimate of drug-likeness (QED) is 0.378. The molecule has 2 aliphatic heterocycles. The van der Waals surface area contributed by atoms with Crippen LogP contribution < -0.4 is 10.2 Å². The van der Waals surface area contributed by atoms with Crippen LogP contribution in [0.2, 0.25) is 0 Å². The number of benzene rings is 1. The first-order chi connectivity index (χ1) is 13.1. The highest BCUT2D eigenvalue weighted by Crippen LogP contribution is 2.47. The van der Waals surface area contributed by atoms with Crippen molar-refractivity contribution in [2.75, 3.05) is 44.2 Å². The molecule has 3 aliphatic rings. The van der Waals surface area contributed by atoms with E-state index in [1.165, 1.54) is 37.8 Å². The van der Waals surface area contributed by atoms with E-state index in [0.717, 1.165) is 57.3 Å². The van der Waals surface area contributed by atoms with E-state index in [1.807, 2.05) is 0 Å². The Labute approximate surface area is 183 Å². The maximum atomic E-state index is 13.5. The summed E-state index contributed by atoms with van der Waals surface area (Å²) in [5.74, 6) is -0.0637. The average molecular weight is 504 g/mol. The predicted octanol–water partition coefficient (Wildman–Crippen LogP) is 4.25. The molecule has 1 aromatic carbocycles. The van der Waals surface area contributed by atoms with E-state index in [4.69, 9.17) is 4.99 Å². The highest BCUT2D eigenvalue weighted by atomic mass is 127. The van der Waals surface area contributed by atoms with Crippen LogP contribution in [-0.2, 0) is 0 Å². The van der Waals surface area contributed by atoms with Gasteiger partial charge in [-0.3, -0.25) is 4.99 Å². The zero-order valence-electron chi connectivity index (χ0n) is 16.6. The van der Waals surface area contributed by atoms with Crippen LogP contribution in [0, 0.1) is 23.0 Å². The number of halogens is 3. The Hall–Kier alpha value is -1.12. The van der Waals surface area contributed by atoms with E-state index in [0.29, 0.717) is 11.3 Å². The van der Waals surface area contributed by atoms with E-state index in [-0.39, 0.29) is 24.0 Å². The molecule has 1 aliphatic carbocycles. The molecule has 1 unspecified atom stereocenters. The second-order valence-corrected chi connectivity index (χ2v) is 8.42. The van der Waals surface area contributed by atoms with Gasteiger partial charge in [0.25, 0.3) is 0 Å². The first-order valence-corrected chi connectivity index (χ1v) is 10.3. The van der Waals surface area contributed by atoms with Crippen LogP contribution in [0.3, 0.4) is 0 Å². The van der Waals surface area contributed by atoms with Gasteiger partial charge < -0.3 is 15.1 Å². The van der Waals surface area contributed by atoms with Crippen molar-refractivity contribution in [2.24, 2.45) is 16.3 Å². The van der Waals surface area contributed by atoms with Gasteiger partial charge in [0.1, 0.15) is 0 Å². The summed E-state index contributed by atoms with van der Waals surface area (Å²) in [5.41, 5.74) is 1.33. The molecule has 0 radical (unpaired) electrons. The molecule has 0 bridgehead atoms. The number of guanidine groups is 1. The Balaban J connectivity index is 0.00000225. The minimum absolute atomic E-state index is 0. The highest BCUT2D eigenvalue weighted by molar-refractivity contribution is 14.0. The van der Waals surface area contributed by atoms with Gasteiger partial charge in [0.05, 0.1) is 0 Å². The first kappa shape index (κ1) is 21.6. The Morgan fingerprint density at radius 1 is 1.21 bits per heavy atom. The van der Waals surface area contributed by atoms with E-state index in [2.05, 4.69) is 22.0 Å². The molecule has 156 valence electrons. The fourth-order valence-corrected chi connectivity index (χ4v) is 4.74. The second kappa shape index (κ2) is 9.13. The van der Waals surface area contributed by atoms with Crippen molar-refractivity contribution in [1.82, 2.24) is 10.2 Å². The normalized spacial score (nSPS) is 23.7. The molecule has 4 nitrogen and oxygen atoms in total. The molecule has 2 saturated heterocycles. The summed E-state index contributed by atoms with van der Waals surface area (Å²) in [6.07, 6.45) is 6.45. The Morgan fingerprint density at radius 3 is 2.68 bits per heavy atom. The zero-order chi connectivity index (χ0) is 18.9. The third-order valence-electron chi connectivity index (χ3n) is 6.54. The molecular weight excluding hydrogens is 473 g/mol. The second-order valence-electron chi connectivity index (χ2n) is 8.42. The minimum atomic E-state index is -0.788. The van der Waals surface area contributed by atoms with E-state index in [1.54, 1.807) is 6.07 Å². The fourth-order valence-electron chi connectivity index (χ4n) is 4.74. The minimum Gasteiger partial charge on any atom is -0.371 e. The lowest BCUT2D eigenvalue weighted by molar-refractivity contribution is 0.151. The Kier molecular flexibility index (Phi) is 7.04. The number of rotatable bonds is 4. The van der Waals surface area contributed by atoms with Crippen molar-refractivity contribution in [3.05, 3.63) is 29.8 Å². The largest absolute Gasteiger partial charge is 0.371 e. The van der Waals surface area contributed by atoms with Gasteiger partial charge in [-0.1, -0.05) is 6.42 Å². The summed E-state index contributed by atoms with van der Waals surface area (Å²) < 4.78 is 26.7. The van der Waals surface area contributed by atoms with Gasteiger partial charge in [-0.25, -0.2) is 8.78 Å². The van der Waals surface area contributed by atoms with Gasteiger partial charge in [-0.2, -0.15) is 0 Å². The van der Waals surface area contributed by atoms with Gasteiger partial charge in [0.2, 0.25) is 0 Å². The molecule has 28 heavy (non-hydrogen) atoms. The van der Waals surface area contributed by atoms with Crippen molar-refractivity contribution in [3.8, 4) is 0 Å². The molecule has 2 heterocycles. The molecule has 1 N–H and O–H groups in total. The number of hydrogen-bond acceptors (Lipinski definition) is 2. The van der Waals surface area contributed by atoms with E-state index >= 15 is 0 Å². The molecule has 1 atom stereocenters. The molecule has 7 heteroatoms. The summed E-state index contributed by atoms with van der Waals surface area (Å²) in [6.45, 7) is 7.75. The number of nitrogens with one attached hydrogen (secondary N) is 1. The molecule has 1 spiro atoms. The summed E-state index contributed by atoms with van der Waals surface area (Å²) in [6, 6.07) is 4.17. The monoisotopic (exact) mass is 504 g/mol. The van der Waals surface area contributed by atoms with Crippen molar-refractivity contribution >= 4 is 35.6 Å². The van der Waals surface area contributed by atoms with Crippen LogP contribution in [0.5, 0.6) is 0 Å². The maximum absolute atomic E-state index is 13.5. The van der Waals surface area contributed by atoms with E-state index in [9.17, 15) is 8.78 Å². The molecule has 1 saturated carbocycles. The first-order valence-electron chi connectivity index (χ1n) is 10.3. The van der Waals surface area contributed by atoms with Gasteiger partial charge in [0, 0.05) is 51.0 Å². The zero-order valence-corrected chi connectivity index (χ0v) is 18.9. The average Bonchev–Trinajstić information content (AvgIpc) is 3.28. The summed E-state index contributed by atoms with van der Waals surface area (Å²) in [4.78, 5) is 9.50. The number of likely N-dealkylation sites (tertiary alicyclic amines) is 1. The maximum Gasteiger partial charge on any atom is 0.193 e. The predicted molar refractivity (Wildman–Crippen MR) is 121 cm³/mol.